The second-order valence-corrected chi connectivity index (χ2v) is 15.9. The average Bonchev–Trinajstić information content (AvgIpc) is 3.26. The lowest BCUT2D eigenvalue weighted by Crippen LogP contribution is -2.25. The fourth-order valence-corrected chi connectivity index (χ4v) is 7.79. The van der Waals surface area contributed by atoms with E-state index in [1.807, 2.05) is 20.8 Å². The van der Waals surface area contributed by atoms with Gasteiger partial charge in [0, 0.05) is 23.1 Å². The van der Waals surface area contributed by atoms with Crippen molar-refractivity contribution in [3.8, 4) is 35.5 Å². The van der Waals surface area contributed by atoms with Crippen LogP contribution in [0.5, 0.6) is 0 Å². The minimum absolute atomic E-state index is 0.101. The van der Waals surface area contributed by atoms with E-state index in [0.29, 0.717) is 0 Å². The molecule has 276 valence electrons. The highest BCUT2D eigenvalue weighted by molar-refractivity contribution is 6.12. The van der Waals surface area contributed by atoms with Gasteiger partial charge in [0.25, 0.3) is 0 Å². The molecule has 9 aromatic carbocycles. The Balaban J connectivity index is 1.30. The standard InChI is InChI=1S/C56H40O2/c1-55(2,3)54(57)58-35-34-56(31-28-42-36-39-16-4-7-19-45(39)51-25-13-10-22-48(42)51,32-29-43-37-40-17-5-8-20-46(40)52-26-14-11-23-49(43)52)33-30-44-38-41-18-6-9-21-47(41)53-27-15-12-24-50(44)53/h4-27,36-38H,34-35H2,1-3H3. The van der Waals surface area contributed by atoms with Gasteiger partial charge in [0.05, 0.1) is 12.0 Å². The average molecular weight is 745 g/mol. The zero-order valence-electron chi connectivity index (χ0n) is 32.8. The Hall–Kier alpha value is -7.31. The number of carbonyl (C=O) groups excluding carboxylic acids is 1. The van der Waals surface area contributed by atoms with Crippen molar-refractivity contribution in [2.24, 2.45) is 10.8 Å². The molecule has 0 aromatic heterocycles. The van der Waals surface area contributed by atoms with Crippen LogP contribution >= 0.6 is 0 Å². The SMILES string of the molecule is CC(C)(C)C(=O)OCCC(C#Cc1cc2ccccc2c2ccccc12)(C#Cc1cc2ccccc2c2ccccc12)C#Cc1cc2ccccc2c2ccccc12. The maximum absolute atomic E-state index is 13.2. The summed E-state index contributed by atoms with van der Waals surface area (Å²) in [6.45, 7) is 5.69. The van der Waals surface area contributed by atoms with Gasteiger partial charge in [-0.25, -0.2) is 0 Å². The van der Waals surface area contributed by atoms with Gasteiger partial charge in [-0.2, -0.15) is 0 Å². The van der Waals surface area contributed by atoms with E-state index in [-0.39, 0.29) is 19.0 Å². The highest BCUT2D eigenvalue weighted by atomic mass is 16.5. The molecule has 0 heterocycles. The van der Waals surface area contributed by atoms with Gasteiger partial charge < -0.3 is 4.74 Å². The number of esters is 1. The highest BCUT2D eigenvalue weighted by Crippen LogP contribution is 2.33. The lowest BCUT2D eigenvalue weighted by molar-refractivity contribution is -0.153. The van der Waals surface area contributed by atoms with E-state index in [4.69, 9.17) is 4.74 Å². The molecule has 0 aliphatic rings. The van der Waals surface area contributed by atoms with E-state index in [1.54, 1.807) is 0 Å². The molecule has 2 nitrogen and oxygen atoms in total. The van der Waals surface area contributed by atoms with E-state index in [1.165, 1.54) is 16.2 Å². The summed E-state index contributed by atoms with van der Waals surface area (Å²) in [7, 11) is 0. The van der Waals surface area contributed by atoms with Crippen LogP contribution in [-0.4, -0.2) is 12.6 Å². The van der Waals surface area contributed by atoms with Crippen LogP contribution in [0.2, 0.25) is 0 Å². The van der Waals surface area contributed by atoms with E-state index >= 15 is 0 Å². The van der Waals surface area contributed by atoms with Gasteiger partial charge in [-0.3, -0.25) is 4.79 Å². The third kappa shape index (κ3) is 7.01. The number of hydrogen-bond donors (Lipinski definition) is 0. The number of rotatable bonds is 3. The van der Waals surface area contributed by atoms with Crippen LogP contribution in [-0.2, 0) is 9.53 Å². The Morgan fingerprint density at radius 2 is 0.724 bits per heavy atom. The molecule has 0 aliphatic heterocycles. The first-order valence-corrected chi connectivity index (χ1v) is 19.7. The van der Waals surface area contributed by atoms with Crippen LogP contribution in [0.1, 0.15) is 43.9 Å². The minimum atomic E-state index is -1.20. The van der Waals surface area contributed by atoms with Crippen LogP contribution in [0.4, 0.5) is 0 Å². The van der Waals surface area contributed by atoms with Crippen molar-refractivity contribution in [1.82, 2.24) is 0 Å². The Kier molecular flexibility index (Phi) is 9.38. The van der Waals surface area contributed by atoms with Gasteiger partial charge in [-0.15, -0.1) is 0 Å². The third-order valence-corrected chi connectivity index (χ3v) is 10.9. The highest BCUT2D eigenvalue weighted by Gasteiger charge is 2.28. The summed E-state index contributed by atoms with van der Waals surface area (Å²) in [5, 5.41) is 13.4. The van der Waals surface area contributed by atoms with E-state index in [2.05, 4.69) is 199 Å². The lowest BCUT2D eigenvalue weighted by atomic mass is 9.84. The fourth-order valence-electron chi connectivity index (χ4n) is 7.79. The quantitative estimate of drug-likeness (QED) is 0.102. The molecule has 0 N–H and O–H groups in total. The molecule has 58 heavy (non-hydrogen) atoms. The molecule has 0 bridgehead atoms. The molecule has 9 aromatic rings. The molecule has 9 rings (SSSR count). The van der Waals surface area contributed by atoms with Crippen LogP contribution in [0.15, 0.2) is 164 Å². The van der Waals surface area contributed by atoms with Gasteiger partial charge in [0.2, 0.25) is 0 Å². The summed E-state index contributed by atoms with van der Waals surface area (Å²) >= 11 is 0. The van der Waals surface area contributed by atoms with Gasteiger partial charge in [0.15, 0.2) is 5.41 Å². The number of hydrogen-bond acceptors (Lipinski definition) is 2. The molecule has 0 saturated heterocycles. The molecular weight excluding hydrogens is 705 g/mol. The fraction of sp³-hybridized carbons (Fsp3) is 0.125. The van der Waals surface area contributed by atoms with Crippen molar-refractivity contribution in [3.63, 3.8) is 0 Å². The normalized spacial score (nSPS) is 11.5. The summed E-state index contributed by atoms with van der Waals surface area (Å²) in [5.74, 6) is 21.4. The lowest BCUT2D eigenvalue weighted by Gasteiger charge is -2.20. The van der Waals surface area contributed by atoms with Gasteiger partial charge >= 0.3 is 5.97 Å². The third-order valence-electron chi connectivity index (χ3n) is 10.9. The molecule has 0 aliphatic carbocycles. The molecule has 0 amide bonds. The van der Waals surface area contributed by atoms with Gasteiger partial charge in [0.1, 0.15) is 0 Å². The topological polar surface area (TPSA) is 26.3 Å². The monoisotopic (exact) mass is 744 g/mol. The molecule has 0 atom stereocenters. The Labute approximate surface area is 339 Å². The van der Waals surface area contributed by atoms with E-state index in [0.717, 1.165) is 65.2 Å². The summed E-state index contributed by atoms with van der Waals surface area (Å²) in [6.07, 6.45) is 0.282. The zero-order valence-corrected chi connectivity index (χ0v) is 32.8. The minimum Gasteiger partial charge on any atom is -0.465 e. The largest absolute Gasteiger partial charge is 0.465 e. The van der Waals surface area contributed by atoms with Crippen molar-refractivity contribution >= 4 is 70.6 Å². The van der Waals surface area contributed by atoms with Crippen molar-refractivity contribution in [2.75, 3.05) is 6.61 Å². The van der Waals surface area contributed by atoms with E-state index < -0.39 is 10.8 Å². The predicted octanol–water partition coefficient (Wildman–Crippen LogP) is 13.0. The first-order valence-electron chi connectivity index (χ1n) is 19.7. The van der Waals surface area contributed by atoms with Crippen LogP contribution in [0, 0.1) is 46.4 Å². The molecule has 0 saturated carbocycles. The summed E-state index contributed by atoms with van der Waals surface area (Å²) < 4.78 is 5.96. The Bertz CT molecular complexity index is 2960. The molecule has 0 spiro atoms. The Morgan fingerprint density at radius 1 is 0.431 bits per heavy atom. The Morgan fingerprint density at radius 3 is 1.05 bits per heavy atom. The first kappa shape index (κ1) is 36.3. The van der Waals surface area contributed by atoms with Crippen molar-refractivity contribution in [1.29, 1.82) is 0 Å². The molecule has 2 heteroatoms. The van der Waals surface area contributed by atoms with Crippen molar-refractivity contribution in [3.05, 3.63) is 180 Å². The summed E-state index contributed by atoms with van der Waals surface area (Å²) in [6, 6.07) is 56.9. The number of carbonyl (C=O) groups is 1. The molecule has 0 radical (unpaired) electrons. The van der Waals surface area contributed by atoms with Gasteiger partial charge in [-0.05, 0) is 104 Å². The second kappa shape index (κ2) is 15.0. The molecule has 0 unspecified atom stereocenters. The predicted molar refractivity (Wildman–Crippen MR) is 242 cm³/mol. The number of fused-ring (bicyclic) bond motifs is 9. The maximum Gasteiger partial charge on any atom is 0.311 e. The molecular formula is C56H40O2. The molecule has 0 fully saturated rings. The zero-order chi connectivity index (χ0) is 39.7. The van der Waals surface area contributed by atoms with Crippen molar-refractivity contribution < 1.29 is 9.53 Å². The maximum atomic E-state index is 13.2. The van der Waals surface area contributed by atoms with E-state index in [9.17, 15) is 4.79 Å². The van der Waals surface area contributed by atoms with Crippen LogP contribution in [0.3, 0.4) is 0 Å². The van der Waals surface area contributed by atoms with Gasteiger partial charge in [-0.1, -0.05) is 181 Å². The second-order valence-electron chi connectivity index (χ2n) is 15.9. The number of benzene rings is 9. The summed E-state index contributed by atoms with van der Waals surface area (Å²) in [4.78, 5) is 13.2. The van der Waals surface area contributed by atoms with Crippen LogP contribution < -0.4 is 0 Å². The first-order chi connectivity index (χ1) is 28.3. The van der Waals surface area contributed by atoms with Crippen LogP contribution in [0.25, 0.3) is 64.6 Å². The smallest absolute Gasteiger partial charge is 0.311 e. The summed E-state index contributed by atoms with van der Waals surface area (Å²) in [5.41, 5.74) is 0.803. The number of ether oxygens (including phenoxy) is 1. The van der Waals surface area contributed by atoms with Crippen molar-refractivity contribution in [2.45, 2.75) is 27.2 Å².